The lowest BCUT2D eigenvalue weighted by atomic mass is 9.95. The summed E-state index contributed by atoms with van der Waals surface area (Å²) in [5.41, 5.74) is 3.18. The Hall–Kier alpha value is -4.63. The molecule has 8 nitrogen and oxygen atoms in total. The molecule has 1 aromatic heterocycles. The van der Waals surface area contributed by atoms with Gasteiger partial charge in [0.25, 0.3) is 5.56 Å². The number of benzene rings is 3. The number of allylic oxidation sites excluding steroid dienone is 1. The van der Waals surface area contributed by atoms with Crippen LogP contribution in [0.3, 0.4) is 0 Å². The largest absolute Gasteiger partial charge is 0.490 e. The average Bonchev–Trinajstić information content (AvgIpc) is 3.31. The summed E-state index contributed by atoms with van der Waals surface area (Å²) in [6.07, 6.45) is 1.83. The Morgan fingerprint density at radius 1 is 0.907 bits per heavy atom. The molecule has 1 unspecified atom stereocenters. The maximum Gasteiger partial charge on any atom is 0.338 e. The number of hydrogen-bond acceptors (Lipinski definition) is 8. The summed E-state index contributed by atoms with van der Waals surface area (Å²) in [5, 5.41) is 0. The van der Waals surface area contributed by atoms with Gasteiger partial charge in [0, 0.05) is 0 Å². The number of rotatable bonds is 11. The van der Waals surface area contributed by atoms with Crippen LogP contribution in [-0.4, -0.2) is 30.4 Å². The molecule has 0 N–H and O–H groups in total. The zero-order valence-corrected chi connectivity index (χ0v) is 25.5. The van der Waals surface area contributed by atoms with Crippen LogP contribution in [0.25, 0.3) is 6.08 Å². The minimum absolute atomic E-state index is 0.200. The molecule has 3 aromatic carbocycles. The van der Waals surface area contributed by atoms with Crippen LogP contribution in [0.5, 0.6) is 17.2 Å². The zero-order valence-electron chi connectivity index (χ0n) is 24.7. The molecule has 0 fully saturated rings. The van der Waals surface area contributed by atoms with Gasteiger partial charge in [-0.2, -0.15) is 0 Å². The Kier molecular flexibility index (Phi) is 9.41. The molecule has 1 aliphatic rings. The van der Waals surface area contributed by atoms with Crippen LogP contribution >= 0.6 is 11.3 Å². The van der Waals surface area contributed by atoms with E-state index in [1.807, 2.05) is 86.7 Å². The molecule has 4 aromatic rings. The Bertz CT molecular complexity index is 1810. The summed E-state index contributed by atoms with van der Waals surface area (Å²) in [5.74, 6) is 1.35. The molecular formula is C34H34N2O6S. The third-order valence-electron chi connectivity index (χ3n) is 6.83. The van der Waals surface area contributed by atoms with Gasteiger partial charge >= 0.3 is 5.97 Å². The number of nitrogens with zero attached hydrogens (tertiary/aromatic N) is 2. The molecule has 0 bridgehead atoms. The van der Waals surface area contributed by atoms with E-state index in [0.29, 0.717) is 57.5 Å². The summed E-state index contributed by atoms with van der Waals surface area (Å²) in [7, 11) is 0. The highest BCUT2D eigenvalue weighted by Gasteiger charge is 2.34. The number of aromatic nitrogens is 1. The van der Waals surface area contributed by atoms with E-state index in [1.54, 1.807) is 24.5 Å². The number of thiazole rings is 1. The monoisotopic (exact) mass is 598 g/mol. The van der Waals surface area contributed by atoms with Gasteiger partial charge in [0.05, 0.1) is 41.7 Å². The summed E-state index contributed by atoms with van der Waals surface area (Å²) in [6.45, 7) is 8.88. The number of esters is 1. The number of carbonyl (C=O) groups is 1. The molecule has 2 heterocycles. The molecular weight excluding hydrogens is 564 g/mol. The average molecular weight is 599 g/mol. The van der Waals surface area contributed by atoms with Gasteiger partial charge in [0.2, 0.25) is 0 Å². The predicted molar refractivity (Wildman–Crippen MR) is 166 cm³/mol. The van der Waals surface area contributed by atoms with Gasteiger partial charge in [-0.3, -0.25) is 9.36 Å². The highest BCUT2D eigenvalue weighted by molar-refractivity contribution is 7.07. The van der Waals surface area contributed by atoms with E-state index < -0.39 is 12.0 Å². The molecule has 1 atom stereocenters. The van der Waals surface area contributed by atoms with Gasteiger partial charge in [-0.05, 0) is 74.7 Å². The van der Waals surface area contributed by atoms with Gasteiger partial charge in [-0.25, -0.2) is 9.79 Å². The SMILES string of the molecule is CCOC(=O)C1=C(C)N=c2s/c(=C\c3ccc(OCc4ccccc4)cc3)c(=O)n2C1c1ccc(OCC)c(OCC)c1. The van der Waals surface area contributed by atoms with Crippen LogP contribution in [0.4, 0.5) is 0 Å². The van der Waals surface area contributed by atoms with Gasteiger partial charge in [-0.15, -0.1) is 0 Å². The lowest BCUT2D eigenvalue weighted by Gasteiger charge is -2.25. The maximum absolute atomic E-state index is 14.0. The smallest absolute Gasteiger partial charge is 0.338 e. The normalized spacial score (nSPS) is 14.6. The highest BCUT2D eigenvalue weighted by Crippen LogP contribution is 2.36. The fourth-order valence-corrected chi connectivity index (χ4v) is 5.94. The van der Waals surface area contributed by atoms with Crippen molar-refractivity contribution in [1.82, 2.24) is 4.57 Å². The molecule has 0 saturated carbocycles. The van der Waals surface area contributed by atoms with Crippen molar-refractivity contribution in [3.63, 3.8) is 0 Å². The van der Waals surface area contributed by atoms with Crippen LogP contribution < -0.4 is 29.1 Å². The predicted octanol–water partition coefficient (Wildman–Crippen LogP) is 5.17. The van der Waals surface area contributed by atoms with Crippen molar-refractivity contribution in [2.75, 3.05) is 19.8 Å². The first-order chi connectivity index (χ1) is 20.9. The second kappa shape index (κ2) is 13.6. The topological polar surface area (TPSA) is 88.4 Å². The minimum Gasteiger partial charge on any atom is -0.490 e. The van der Waals surface area contributed by atoms with E-state index in [2.05, 4.69) is 4.99 Å². The minimum atomic E-state index is -0.749. The van der Waals surface area contributed by atoms with Crippen LogP contribution in [0, 0.1) is 0 Å². The van der Waals surface area contributed by atoms with Crippen molar-refractivity contribution in [2.24, 2.45) is 4.99 Å². The van der Waals surface area contributed by atoms with E-state index in [0.717, 1.165) is 16.9 Å². The fourth-order valence-electron chi connectivity index (χ4n) is 4.90. The van der Waals surface area contributed by atoms with Crippen LogP contribution in [0.2, 0.25) is 0 Å². The van der Waals surface area contributed by atoms with E-state index in [1.165, 1.54) is 11.3 Å². The molecule has 0 aliphatic carbocycles. The van der Waals surface area contributed by atoms with Crippen LogP contribution in [0.1, 0.15) is 50.4 Å². The summed E-state index contributed by atoms with van der Waals surface area (Å²) in [6, 6.07) is 22.3. The molecule has 43 heavy (non-hydrogen) atoms. The van der Waals surface area contributed by atoms with E-state index in [9.17, 15) is 9.59 Å². The first kappa shape index (κ1) is 29.8. The Morgan fingerprint density at radius 3 is 2.33 bits per heavy atom. The standard InChI is InChI=1S/C34H34N2O6S/c1-5-39-27-18-15-25(20-28(27)40-6-2)31-30(33(38)41-7-3)22(4)35-34-36(31)32(37)29(43-34)19-23-13-16-26(17-14-23)42-21-24-11-9-8-10-12-24/h8-20,31H,5-7,21H2,1-4H3/b29-19-. The quantitative estimate of drug-likeness (QED) is 0.221. The van der Waals surface area contributed by atoms with Crippen molar-refractivity contribution >= 4 is 23.4 Å². The lowest BCUT2D eigenvalue weighted by Crippen LogP contribution is -2.40. The molecule has 0 spiro atoms. The third kappa shape index (κ3) is 6.57. The summed E-state index contributed by atoms with van der Waals surface area (Å²) >= 11 is 1.28. The van der Waals surface area contributed by atoms with E-state index in [4.69, 9.17) is 18.9 Å². The Balaban J connectivity index is 1.54. The molecule has 9 heteroatoms. The van der Waals surface area contributed by atoms with Crippen LogP contribution in [-0.2, 0) is 16.1 Å². The molecule has 222 valence electrons. The fraction of sp³-hybridized carbons (Fsp3) is 0.265. The van der Waals surface area contributed by atoms with Gasteiger partial charge in [-0.1, -0.05) is 59.9 Å². The number of fused-ring (bicyclic) bond motifs is 1. The number of ether oxygens (including phenoxy) is 4. The van der Waals surface area contributed by atoms with Crippen molar-refractivity contribution in [3.8, 4) is 17.2 Å². The maximum atomic E-state index is 14.0. The van der Waals surface area contributed by atoms with E-state index in [-0.39, 0.29) is 12.2 Å². The summed E-state index contributed by atoms with van der Waals surface area (Å²) in [4.78, 5) is 32.4. The zero-order chi connectivity index (χ0) is 30.3. The lowest BCUT2D eigenvalue weighted by molar-refractivity contribution is -0.139. The highest BCUT2D eigenvalue weighted by atomic mass is 32.1. The summed E-state index contributed by atoms with van der Waals surface area (Å²) < 4.78 is 25.0. The van der Waals surface area contributed by atoms with E-state index >= 15 is 0 Å². The van der Waals surface area contributed by atoms with Crippen molar-refractivity contribution < 1.29 is 23.7 Å². The van der Waals surface area contributed by atoms with Crippen LogP contribution in [0.15, 0.2) is 93.9 Å². The molecule has 5 rings (SSSR count). The third-order valence-corrected chi connectivity index (χ3v) is 7.81. The van der Waals surface area contributed by atoms with Crippen molar-refractivity contribution in [2.45, 2.75) is 40.3 Å². The second-order valence-electron chi connectivity index (χ2n) is 9.72. The number of hydrogen-bond donors (Lipinski definition) is 0. The molecule has 0 amide bonds. The van der Waals surface area contributed by atoms with Crippen molar-refractivity contribution in [3.05, 3.63) is 120 Å². The Labute approximate surface area is 254 Å². The van der Waals surface area contributed by atoms with Gasteiger partial charge in [0.1, 0.15) is 12.4 Å². The van der Waals surface area contributed by atoms with Crippen molar-refractivity contribution in [1.29, 1.82) is 0 Å². The molecule has 0 saturated heterocycles. The van der Waals surface area contributed by atoms with Gasteiger partial charge in [0.15, 0.2) is 16.3 Å². The Morgan fingerprint density at radius 2 is 1.63 bits per heavy atom. The first-order valence-electron chi connectivity index (χ1n) is 14.3. The second-order valence-corrected chi connectivity index (χ2v) is 10.7. The molecule has 1 aliphatic heterocycles. The molecule has 0 radical (unpaired) electrons. The number of carbonyl (C=O) groups excluding carboxylic acids is 1. The first-order valence-corrected chi connectivity index (χ1v) is 15.1. The van der Waals surface area contributed by atoms with Gasteiger partial charge < -0.3 is 18.9 Å².